The Kier molecular flexibility index (Phi) is 4.18. The van der Waals surface area contributed by atoms with E-state index in [1.54, 1.807) is 7.11 Å². The van der Waals surface area contributed by atoms with Crippen molar-refractivity contribution in [3.63, 3.8) is 0 Å². The van der Waals surface area contributed by atoms with Crippen LogP contribution >= 0.6 is 0 Å². The van der Waals surface area contributed by atoms with Gasteiger partial charge in [0.1, 0.15) is 0 Å². The van der Waals surface area contributed by atoms with Crippen molar-refractivity contribution in [2.45, 2.75) is 12.8 Å². The molecule has 0 aromatic heterocycles. The number of rotatable bonds is 5. The summed E-state index contributed by atoms with van der Waals surface area (Å²) in [5.74, 6) is -0.296. The molecule has 1 saturated heterocycles. The Morgan fingerprint density at radius 3 is 3.00 bits per heavy atom. The standard InChI is InChI=1S/C9H16O4/c1-12-5-8(4-9(10)11)7-2-3-13-6-7/h7-8H,2-6H2,1H3,(H,10,11). The SMILES string of the molecule is COCC(CC(=O)O)C1CCOC1. The Balaban J connectivity index is 2.39. The summed E-state index contributed by atoms with van der Waals surface area (Å²) in [5, 5.41) is 8.67. The van der Waals surface area contributed by atoms with Gasteiger partial charge in [0.2, 0.25) is 0 Å². The third kappa shape index (κ3) is 3.32. The zero-order chi connectivity index (χ0) is 9.68. The Bertz CT molecular complexity index is 163. The third-order valence-electron chi connectivity index (χ3n) is 2.45. The van der Waals surface area contributed by atoms with Gasteiger partial charge in [0, 0.05) is 26.9 Å². The molecule has 1 aliphatic rings. The van der Waals surface area contributed by atoms with Gasteiger partial charge in [-0.1, -0.05) is 0 Å². The maximum absolute atomic E-state index is 10.5. The molecule has 76 valence electrons. The maximum atomic E-state index is 10.5. The molecule has 0 aliphatic carbocycles. The number of hydrogen-bond acceptors (Lipinski definition) is 3. The van der Waals surface area contributed by atoms with E-state index in [-0.39, 0.29) is 12.3 Å². The smallest absolute Gasteiger partial charge is 0.303 e. The normalized spacial score (nSPS) is 24.5. The van der Waals surface area contributed by atoms with E-state index in [0.717, 1.165) is 13.0 Å². The van der Waals surface area contributed by atoms with Crippen molar-refractivity contribution in [1.29, 1.82) is 0 Å². The number of carboxylic acid groups (broad SMARTS) is 1. The minimum Gasteiger partial charge on any atom is -0.481 e. The number of methoxy groups -OCH3 is 1. The summed E-state index contributed by atoms with van der Waals surface area (Å²) >= 11 is 0. The number of carboxylic acids is 1. The van der Waals surface area contributed by atoms with Crippen molar-refractivity contribution < 1.29 is 19.4 Å². The number of hydrogen-bond donors (Lipinski definition) is 1. The van der Waals surface area contributed by atoms with E-state index in [9.17, 15) is 4.79 Å². The Labute approximate surface area is 77.8 Å². The third-order valence-corrected chi connectivity index (χ3v) is 2.45. The molecule has 1 N–H and O–H groups in total. The van der Waals surface area contributed by atoms with E-state index in [1.165, 1.54) is 0 Å². The van der Waals surface area contributed by atoms with Gasteiger partial charge in [-0.25, -0.2) is 0 Å². The first-order valence-electron chi connectivity index (χ1n) is 4.52. The topological polar surface area (TPSA) is 55.8 Å². The molecule has 2 unspecified atom stereocenters. The molecule has 0 saturated carbocycles. The molecule has 0 aromatic rings. The molecule has 0 amide bonds. The second kappa shape index (κ2) is 5.19. The molecule has 1 aliphatic heterocycles. The molecule has 0 radical (unpaired) electrons. The highest BCUT2D eigenvalue weighted by molar-refractivity contribution is 5.67. The van der Waals surface area contributed by atoms with Crippen LogP contribution in [0.3, 0.4) is 0 Å². The average molecular weight is 188 g/mol. The lowest BCUT2D eigenvalue weighted by Gasteiger charge is -2.19. The fourth-order valence-electron chi connectivity index (χ4n) is 1.72. The monoisotopic (exact) mass is 188 g/mol. The number of carbonyl (C=O) groups is 1. The van der Waals surface area contributed by atoms with Gasteiger partial charge in [-0.05, 0) is 18.3 Å². The summed E-state index contributed by atoms with van der Waals surface area (Å²) in [7, 11) is 1.60. The second-order valence-corrected chi connectivity index (χ2v) is 3.44. The average Bonchev–Trinajstić information content (AvgIpc) is 2.54. The van der Waals surface area contributed by atoms with E-state index in [2.05, 4.69) is 0 Å². The van der Waals surface area contributed by atoms with Gasteiger partial charge in [-0.15, -0.1) is 0 Å². The van der Waals surface area contributed by atoms with Gasteiger partial charge in [-0.3, -0.25) is 4.79 Å². The Morgan fingerprint density at radius 2 is 2.54 bits per heavy atom. The van der Waals surface area contributed by atoms with E-state index in [4.69, 9.17) is 14.6 Å². The highest BCUT2D eigenvalue weighted by atomic mass is 16.5. The van der Waals surface area contributed by atoms with Crippen LogP contribution in [0, 0.1) is 11.8 Å². The first kappa shape index (κ1) is 10.5. The van der Waals surface area contributed by atoms with E-state index >= 15 is 0 Å². The number of aliphatic carboxylic acids is 1. The number of ether oxygens (including phenoxy) is 2. The molecule has 0 aromatic carbocycles. The summed E-state index contributed by atoms with van der Waals surface area (Å²) in [4.78, 5) is 10.5. The van der Waals surface area contributed by atoms with Crippen LogP contribution in [0.15, 0.2) is 0 Å². The Morgan fingerprint density at radius 1 is 1.77 bits per heavy atom. The quantitative estimate of drug-likeness (QED) is 0.692. The summed E-state index contributed by atoms with van der Waals surface area (Å²) in [6.07, 6.45) is 1.14. The second-order valence-electron chi connectivity index (χ2n) is 3.44. The van der Waals surface area contributed by atoms with E-state index in [0.29, 0.717) is 19.1 Å². The zero-order valence-electron chi connectivity index (χ0n) is 7.86. The largest absolute Gasteiger partial charge is 0.481 e. The van der Waals surface area contributed by atoms with Crippen LogP contribution in [-0.2, 0) is 14.3 Å². The van der Waals surface area contributed by atoms with Crippen LogP contribution in [0.4, 0.5) is 0 Å². The zero-order valence-corrected chi connectivity index (χ0v) is 7.86. The van der Waals surface area contributed by atoms with Crippen LogP contribution in [0.5, 0.6) is 0 Å². The molecule has 1 rings (SSSR count). The molecule has 0 spiro atoms. The minimum atomic E-state index is -0.756. The summed E-state index contributed by atoms with van der Waals surface area (Å²) in [5.41, 5.74) is 0. The van der Waals surface area contributed by atoms with Crippen LogP contribution in [0.2, 0.25) is 0 Å². The minimum absolute atomic E-state index is 0.102. The molecular weight excluding hydrogens is 172 g/mol. The van der Waals surface area contributed by atoms with Crippen LogP contribution < -0.4 is 0 Å². The van der Waals surface area contributed by atoms with Crippen LogP contribution in [-0.4, -0.2) is 38.0 Å². The van der Waals surface area contributed by atoms with Gasteiger partial charge in [-0.2, -0.15) is 0 Å². The van der Waals surface area contributed by atoms with Crippen molar-refractivity contribution in [3.05, 3.63) is 0 Å². The predicted octanol–water partition coefficient (Wildman–Crippen LogP) is 0.760. The van der Waals surface area contributed by atoms with E-state index in [1.807, 2.05) is 0 Å². The first-order chi connectivity index (χ1) is 6.24. The van der Waals surface area contributed by atoms with Gasteiger partial charge in [0.15, 0.2) is 0 Å². The van der Waals surface area contributed by atoms with Crippen LogP contribution in [0.25, 0.3) is 0 Å². The van der Waals surface area contributed by atoms with Gasteiger partial charge >= 0.3 is 5.97 Å². The highest BCUT2D eigenvalue weighted by Gasteiger charge is 2.27. The summed E-state index contributed by atoms with van der Waals surface area (Å²) in [6, 6.07) is 0. The van der Waals surface area contributed by atoms with Crippen molar-refractivity contribution in [3.8, 4) is 0 Å². The molecule has 4 nitrogen and oxygen atoms in total. The highest BCUT2D eigenvalue weighted by Crippen LogP contribution is 2.24. The predicted molar refractivity (Wildman–Crippen MR) is 46.5 cm³/mol. The van der Waals surface area contributed by atoms with Crippen molar-refractivity contribution in [2.24, 2.45) is 11.8 Å². The molecule has 2 atom stereocenters. The van der Waals surface area contributed by atoms with Crippen molar-refractivity contribution in [1.82, 2.24) is 0 Å². The summed E-state index contributed by atoms with van der Waals surface area (Å²) < 4.78 is 10.2. The molecule has 1 heterocycles. The lowest BCUT2D eigenvalue weighted by molar-refractivity contribution is -0.139. The molecule has 13 heavy (non-hydrogen) atoms. The van der Waals surface area contributed by atoms with Gasteiger partial charge in [0.05, 0.1) is 6.42 Å². The Hall–Kier alpha value is -0.610. The fourth-order valence-corrected chi connectivity index (χ4v) is 1.72. The maximum Gasteiger partial charge on any atom is 0.303 e. The molecular formula is C9H16O4. The van der Waals surface area contributed by atoms with Crippen molar-refractivity contribution in [2.75, 3.05) is 26.9 Å². The first-order valence-corrected chi connectivity index (χ1v) is 4.52. The lowest BCUT2D eigenvalue weighted by Crippen LogP contribution is -2.23. The van der Waals surface area contributed by atoms with E-state index < -0.39 is 5.97 Å². The van der Waals surface area contributed by atoms with Crippen molar-refractivity contribution >= 4 is 5.97 Å². The molecule has 0 bridgehead atoms. The van der Waals surface area contributed by atoms with Gasteiger partial charge < -0.3 is 14.6 Å². The summed E-state index contributed by atoms with van der Waals surface area (Å²) in [6.45, 7) is 1.95. The van der Waals surface area contributed by atoms with Crippen LogP contribution in [0.1, 0.15) is 12.8 Å². The fraction of sp³-hybridized carbons (Fsp3) is 0.889. The molecule has 1 fully saturated rings. The molecule has 4 heteroatoms. The van der Waals surface area contributed by atoms with Gasteiger partial charge in [0.25, 0.3) is 0 Å². The lowest BCUT2D eigenvalue weighted by atomic mass is 9.89.